The van der Waals surface area contributed by atoms with Crippen molar-refractivity contribution >= 4 is 51.1 Å². The Balaban J connectivity index is 1.67. The molecule has 1 saturated heterocycles. The van der Waals surface area contributed by atoms with Crippen molar-refractivity contribution in [2.45, 2.75) is 0 Å². The fraction of sp³-hybridized carbons (Fsp3) is 0.300. The highest BCUT2D eigenvalue weighted by Crippen LogP contribution is 2.34. The number of methoxy groups -OCH3 is 1. The Morgan fingerprint density at radius 1 is 1.29 bits per heavy atom. The standard InChI is InChI=1S/C20H20BrClN2O4/c1-26-19(25)13-28-20-17(21)10-14(11-18(20)22)12-23-15-2-4-16(5-3-15)24-6-8-27-9-7-24/h2-5,10-12H,6-9,13H2,1H3. The number of halogens is 2. The maximum absolute atomic E-state index is 11.2. The molecule has 0 amide bonds. The average molecular weight is 468 g/mol. The molecule has 2 aromatic carbocycles. The van der Waals surface area contributed by atoms with Crippen molar-refractivity contribution in [3.8, 4) is 5.75 Å². The summed E-state index contributed by atoms with van der Waals surface area (Å²) < 4.78 is 16.0. The zero-order chi connectivity index (χ0) is 19.9. The van der Waals surface area contributed by atoms with Crippen LogP contribution >= 0.6 is 27.5 Å². The van der Waals surface area contributed by atoms with Gasteiger partial charge >= 0.3 is 5.97 Å². The maximum atomic E-state index is 11.2. The van der Waals surface area contributed by atoms with Gasteiger partial charge < -0.3 is 19.1 Å². The van der Waals surface area contributed by atoms with Crippen molar-refractivity contribution in [2.24, 2.45) is 4.99 Å². The first-order valence-corrected chi connectivity index (χ1v) is 9.89. The van der Waals surface area contributed by atoms with Crippen LogP contribution in [0.3, 0.4) is 0 Å². The normalized spacial score (nSPS) is 14.3. The summed E-state index contributed by atoms with van der Waals surface area (Å²) in [6.45, 7) is 3.11. The molecule has 1 fully saturated rings. The Hall–Kier alpha value is -2.09. The topological polar surface area (TPSA) is 60.4 Å². The van der Waals surface area contributed by atoms with Gasteiger partial charge in [-0.05, 0) is 57.9 Å². The van der Waals surface area contributed by atoms with Crippen LogP contribution in [0.4, 0.5) is 11.4 Å². The largest absolute Gasteiger partial charge is 0.479 e. The maximum Gasteiger partial charge on any atom is 0.343 e. The molecule has 0 saturated carbocycles. The van der Waals surface area contributed by atoms with Gasteiger partial charge in [-0.15, -0.1) is 0 Å². The molecule has 1 aliphatic heterocycles. The molecule has 0 atom stereocenters. The van der Waals surface area contributed by atoms with E-state index in [2.05, 4.69) is 42.7 Å². The van der Waals surface area contributed by atoms with Gasteiger partial charge in [-0.2, -0.15) is 0 Å². The van der Waals surface area contributed by atoms with Gasteiger partial charge in [0, 0.05) is 25.0 Å². The first kappa shape index (κ1) is 20.6. The van der Waals surface area contributed by atoms with Crippen molar-refractivity contribution < 1.29 is 19.0 Å². The Bertz CT molecular complexity index is 829. The average Bonchev–Trinajstić information content (AvgIpc) is 2.72. The van der Waals surface area contributed by atoms with E-state index in [1.54, 1.807) is 12.3 Å². The lowest BCUT2D eigenvalue weighted by Gasteiger charge is -2.28. The minimum Gasteiger partial charge on any atom is -0.479 e. The fourth-order valence-corrected chi connectivity index (χ4v) is 3.69. The molecule has 0 aromatic heterocycles. The number of esters is 1. The van der Waals surface area contributed by atoms with Crippen LogP contribution in [0.1, 0.15) is 5.56 Å². The monoisotopic (exact) mass is 466 g/mol. The molecule has 148 valence electrons. The summed E-state index contributed by atoms with van der Waals surface area (Å²) >= 11 is 9.68. The summed E-state index contributed by atoms with van der Waals surface area (Å²) in [6.07, 6.45) is 1.73. The van der Waals surface area contributed by atoms with Crippen molar-refractivity contribution in [3.63, 3.8) is 0 Å². The summed E-state index contributed by atoms with van der Waals surface area (Å²) in [5, 5.41) is 0.377. The quantitative estimate of drug-likeness (QED) is 0.470. The molecule has 28 heavy (non-hydrogen) atoms. The zero-order valence-corrected chi connectivity index (χ0v) is 17.7. The Labute approximate surface area is 177 Å². The number of anilines is 1. The van der Waals surface area contributed by atoms with Crippen molar-refractivity contribution in [1.29, 1.82) is 0 Å². The lowest BCUT2D eigenvalue weighted by atomic mass is 10.2. The number of hydrogen-bond donors (Lipinski definition) is 0. The number of ether oxygens (including phenoxy) is 3. The number of rotatable bonds is 6. The number of benzene rings is 2. The molecule has 0 aliphatic carbocycles. The third-order valence-electron chi connectivity index (χ3n) is 4.17. The Morgan fingerprint density at radius 2 is 2.00 bits per heavy atom. The van der Waals surface area contributed by atoms with Gasteiger partial charge in [0.05, 0.1) is 35.5 Å². The molecule has 0 N–H and O–H groups in total. The van der Waals surface area contributed by atoms with E-state index in [9.17, 15) is 4.79 Å². The van der Waals surface area contributed by atoms with Crippen LogP contribution in [0.15, 0.2) is 45.9 Å². The van der Waals surface area contributed by atoms with E-state index in [1.807, 2.05) is 18.2 Å². The van der Waals surface area contributed by atoms with Crippen LogP contribution in [-0.2, 0) is 14.3 Å². The molecule has 8 heteroatoms. The summed E-state index contributed by atoms with van der Waals surface area (Å²) in [5.41, 5.74) is 2.81. The molecule has 3 rings (SSSR count). The second kappa shape index (κ2) is 9.91. The van der Waals surface area contributed by atoms with Gasteiger partial charge in [-0.3, -0.25) is 4.99 Å². The number of aliphatic imine (C=N–C) groups is 1. The van der Waals surface area contributed by atoms with Crippen LogP contribution in [0.5, 0.6) is 5.75 Å². The summed E-state index contributed by atoms with van der Waals surface area (Å²) in [6, 6.07) is 11.6. The Kier molecular flexibility index (Phi) is 7.30. The molecule has 0 radical (unpaired) electrons. The minimum absolute atomic E-state index is 0.211. The molecule has 0 bridgehead atoms. The Morgan fingerprint density at radius 3 is 2.64 bits per heavy atom. The molecule has 2 aromatic rings. The van der Waals surface area contributed by atoms with Gasteiger partial charge in [-0.1, -0.05) is 11.6 Å². The highest BCUT2D eigenvalue weighted by molar-refractivity contribution is 9.10. The summed E-state index contributed by atoms with van der Waals surface area (Å²) in [4.78, 5) is 18.0. The third kappa shape index (κ3) is 5.47. The first-order valence-electron chi connectivity index (χ1n) is 8.72. The summed E-state index contributed by atoms with van der Waals surface area (Å²) in [7, 11) is 1.30. The van der Waals surface area contributed by atoms with Crippen LogP contribution in [0, 0.1) is 0 Å². The van der Waals surface area contributed by atoms with Gasteiger partial charge in [0.1, 0.15) is 0 Å². The van der Waals surface area contributed by atoms with Gasteiger partial charge in [-0.25, -0.2) is 4.79 Å². The number of morpholine rings is 1. The highest BCUT2D eigenvalue weighted by Gasteiger charge is 2.12. The van der Waals surface area contributed by atoms with E-state index in [1.165, 1.54) is 12.8 Å². The molecule has 6 nitrogen and oxygen atoms in total. The first-order chi connectivity index (χ1) is 13.6. The fourth-order valence-electron chi connectivity index (χ4n) is 2.70. The third-order valence-corrected chi connectivity index (χ3v) is 5.04. The molecular formula is C20H20BrClN2O4. The van der Waals surface area contributed by atoms with Crippen LogP contribution < -0.4 is 9.64 Å². The molecular weight excluding hydrogens is 448 g/mol. The van der Waals surface area contributed by atoms with E-state index >= 15 is 0 Å². The lowest BCUT2D eigenvalue weighted by molar-refractivity contribution is -0.142. The lowest BCUT2D eigenvalue weighted by Crippen LogP contribution is -2.36. The van der Waals surface area contributed by atoms with Gasteiger partial charge in [0.15, 0.2) is 12.4 Å². The van der Waals surface area contributed by atoms with E-state index in [0.29, 0.717) is 15.2 Å². The van der Waals surface area contributed by atoms with Crippen LogP contribution in [0.2, 0.25) is 5.02 Å². The molecule has 1 aliphatic rings. The van der Waals surface area contributed by atoms with E-state index < -0.39 is 5.97 Å². The van der Waals surface area contributed by atoms with Crippen molar-refractivity contribution in [3.05, 3.63) is 51.5 Å². The molecule has 0 unspecified atom stereocenters. The van der Waals surface area contributed by atoms with E-state index in [0.717, 1.165) is 37.6 Å². The zero-order valence-electron chi connectivity index (χ0n) is 15.4. The van der Waals surface area contributed by atoms with Crippen molar-refractivity contribution in [1.82, 2.24) is 0 Å². The number of carbonyl (C=O) groups is 1. The molecule has 0 spiro atoms. The predicted octanol–water partition coefficient (Wildman–Crippen LogP) is 4.24. The van der Waals surface area contributed by atoms with Crippen molar-refractivity contribution in [2.75, 3.05) is 44.9 Å². The second-order valence-corrected chi connectivity index (χ2v) is 7.31. The van der Waals surface area contributed by atoms with Crippen LogP contribution in [-0.4, -0.2) is 52.2 Å². The number of carbonyl (C=O) groups excluding carboxylic acids is 1. The second-order valence-electron chi connectivity index (χ2n) is 6.05. The predicted molar refractivity (Wildman–Crippen MR) is 113 cm³/mol. The molecule has 1 heterocycles. The summed E-state index contributed by atoms with van der Waals surface area (Å²) in [5.74, 6) is -0.0896. The van der Waals surface area contributed by atoms with E-state index in [4.69, 9.17) is 21.1 Å². The smallest absolute Gasteiger partial charge is 0.343 e. The van der Waals surface area contributed by atoms with E-state index in [-0.39, 0.29) is 6.61 Å². The number of nitrogens with zero attached hydrogens (tertiary/aromatic N) is 2. The minimum atomic E-state index is -0.478. The van der Waals surface area contributed by atoms with Crippen LogP contribution in [0.25, 0.3) is 0 Å². The van der Waals surface area contributed by atoms with Gasteiger partial charge in [0.2, 0.25) is 0 Å². The number of hydrogen-bond acceptors (Lipinski definition) is 6. The SMILES string of the molecule is COC(=O)COc1c(Cl)cc(C=Nc2ccc(N3CCOCC3)cc2)cc1Br. The van der Waals surface area contributed by atoms with Gasteiger partial charge in [0.25, 0.3) is 0 Å². The highest BCUT2D eigenvalue weighted by atomic mass is 79.9.